The quantitative estimate of drug-likeness (QED) is 0.790. The maximum atomic E-state index is 10.9. The minimum Gasteiger partial charge on any atom is -0.478 e. The first-order valence-electron chi connectivity index (χ1n) is 5.79. The minimum atomic E-state index is -0.902. The Balaban J connectivity index is 1.80. The van der Waals surface area contributed by atoms with Gasteiger partial charge in [-0.05, 0) is 13.0 Å². The summed E-state index contributed by atoms with van der Waals surface area (Å²) >= 11 is 4.62. The molecule has 1 N–H and O–H groups in total. The van der Waals surface area contributed by atoms with Gasteiger partial charge in [0, 0.05) is 22.6 Å². The number of thiazole rings is 2. The lowest BCUT2D eigenvalue weighted by Gasteiger charge is -1.91. The van der Waals surface area contributed by atoms with Crippen molar-refractivity contribution in [3.05, 3.63) is 43.5 Å². The molecule has 3 heterocycles. The number of aryl methyl sites for hydroxylation is 1. The van der Waals surface area contributed by atoms with Crippen molar-refractivity contribution in [3.8, 4) is 10.6 Å². The predicted octanol–water partition coefficient (Wildman–Crippen LogP) is 3.93. The van der Waals surface area contributed by atoms with Gasteiger partial charge < -0.3 is 5.11 Å². The molecule has 0 aliphatic heterocycles. The number of aromatic carboxylic acids is 1. The van der Waals surface area contributed by atoms with Gasteiger partial charge in [0.1, 0.15) is 0 Å². The fraction of sp³-hybridized carbons (Fsp3) is 0.154. The van der Waals surface area contributed by atoms with Crippen LogP contribution in [0.3, 0.4) is 0 Å². The van der Waals surface area contributed by atoms with Gasteiger partial charge in [0.05, 0.1) is 31.8 Å². The predicted molar refractivity (Wildman–Crippen MR) is 82.0 cm³/mol. The standard InChI is InChI=1S/C13H10N2O2S3/c1-7-14-9(5-18-7)3-12-15-10(6-20-12)11-2-8(4-19-11)13(16)17/h2,4-6H,3H2,1H3,(H,16,17). The van der Waals surface area contributed by atoms with Crippen molar-refractivity contribution < 1.29 is 9.90 Å². The van der Waals surface area contributed by atoms with Crippen LogP contribution in [0.15, 0.2) is 22.2 Å². The van der Waals surface area contributed by atoms with Gasteiger partial charge in [-0.2, -0.15) is 0 Å². The van der Waals surface area contributed by atoms with Gasteiger partial charge in [0.2, 0.25) is 0 Å². The molecule has 0 aromatic carbocycles. The van der Waals surface area contributed by atoms with Gasteiger partial charge in [-0.3, -0.25) is 0 Å². The molecule has 20 heavy (non-hydrogen) atoms. The van der Waals surface area contributed by atoms with Crippen molar-refractivity contribution in [2.45, 2.75) is 13.3 Å². The average Bonchev–Trinajstić information content (AvgIpc) is 3.10. The molecule has 0 unspecified atom stereocenters. The first kappa shape index (κ1) is 13.4. The summed E-state index contributed by atoms with van der Waals surface area (Å²) in [4.78, 5) is 20.7. The Bertz CT molecular complexity index is 757. The smallest absolute Gasteiger partial charge is 0.336 e. The van der Waals surface area contributed by atoms with Crippen molar-refractivity contribution in [2.75, 3.05) is 0 Å². The highest BCUT2D eigenvalue weighted by atomic mass is 32.1. The number of carboxylic acid groups (broad SMARTS) is 1. The Labute approximate surface area is 127 Å². The van der Waals surface area contributed by atoms with Gasteiger partial charge in [-0.15, -0.1) is 34.0 Å². The van der Waals surface area contributed by atoms with E-state index in [0.29, 0.717) is 5.56 Å². The molecule has 0 fully saturated rings. The zero-order valence-corrected chi connectivity index (χ0v) is 12.9. The third-order valence-electron chi connectivity index (χ3n) is 2.65. The summed E-state index contributed by atoms with van der Waals surface area (Å²) in [5.74, 6) is -0.902. The van der Waals surface area contributed by atoms with Crippen molar-refractivity contribution in [3.63, 3.8) is 0 Å². The van der Waals surface area contributed by atoms with Gasteiger partial charge >= 0.3 is 5.97 Å². The molecule has 3 aromatic rings. The fourth-order valence-electron chi connectivity index (χ4n) is 1.73. The van der Waals surface area contributed by atoms with Crippen LogP contribution >= 0.6 is 34.0 Å². The number of hydrogen-bond acceptors (Lipinski definition) is 6. The molecule has 0 bridgehead atoms. The van der Waals surface area contributed by atoms with Crippen LogP contribution in [-0.4, -0.2) is 21.0 Å². The number of aromatic nitrogens is 2. The second kappa shape index (κ2) is 5.43. The average molecular weight is 322 g/mol. The largest absolute Gasteiger partial charge is 0.478 e. The third kappa shape index (κ3) is 2.79. The fourth-order valence-corrected chi connectivity index (χ4v) is 4.07. The van der Waals surface area contributed by atoms with Crippen LogP contribution in [-0.2, 0) is 6.42 Å². The molecule has 0 aliphatic carbocycles. The number of nitrogens with zero attached hydrogens (tertiary/aromatic N) is 2. The molecule has 102 valence electrons. The lowest BCUT2D eigenvalue weighted by atomic mass is 10.3. The highest BCUT2D eigenvalue weighted by molar-refractivity contribution is 7.14. The molecule has 0 radical (unpaired) electrons. The van der Waals surface area contributed by atoms with E-state index in [-0.39, 0.29) is 0 Å². The summed E-state index contributed by atoms with van der Waals surface area (Å²) in [5, 5.41) is 16.6. The summed E-state index contributed by atoms with van der Waals surface area (Å²) in [5.41, 5.74) is 2.19. The SMILES string of the molecule is Cc1nc(Cc2nc(-c3cc(C(=O)O)cs3)cs2)cs1. The van der Waals surface area contributed by atoms with E-state index < -0.39 is 5.97 Å². The number of hydrogen-bond donors (Lipinski definition) is 1. The molecule has 4 nitrogen and oxygen atoms in total. The molecular formula is C13H10N2O2S3. The molecule has 0 saturated heterocycles. The topological polar surface area (TPSA) is 63.1 Å². The molecule has 3 rings (SSSR count). The number of rotatable bonds is 4. The summed E-state index contributed by atoms with van der Waals surface area (Å²) in [6, 6.07) is 1.67. The normalized spacial score (nSPS) is 10.8. The monoisotopic (exact) mass is 322 g/mol. The number of carbonyl (C=O) groups is 1. The van der Waals surface area contributed by atoms with Gasteiger partial charge in [-0.25, -0.2) is 14.8 Å². The van der Waals surface area contributed by atoms with Crippen LogP contribution in [0.4, 0.5) is 0 Å². The van der Waals surface area contributed by atoms with Gasteiger partial charge in [0.25, 0.3) is 0 Å². The van der Waals surface area contributed by atoms with Gasteiger partial charge in [-0.1, -0.05) is 0 Å². The van der Waals surface area contributed by atoms with E-state index in [4.69, 9.17) is 5.11 Å². The van der Waals surface area contributed by atoms with E-state index in [1.165, 1.54) is 11.3 Å². The number of carboxylic acids is 1. The second-order valence-electron chi connectivity index (χ2n) is 4.17. The molecule has 0 atom stereocenters. The molecule has 0 saturated carbocycles. The minimum absolute atomic E-state index is 0.315. The van der Waals surface area contributed by atoms with E-state index >= 15 is 0 Å². The van der Waals surface area contributed by atoms with Crippen LogP contribution in [0.1, 0.15) is 26.1 Å². The maximum absolute atomic E-state index is 10.9. The van der Waals surface area contributed by atoms with Gasteiger partial charge in [0.15, 0.2) is 0 Å². The van der Waals surface area contributed by atoms with E-state index in [1.807, 2.05) is 17.7 Å². The highest BCUT2D eigenvalue weighted by Crippen LogP contribution is 2.29. The highest BCUT2D eigenvalue weighted by Gasteiger charge is 2.11. The first-order chi connectivity index (χ1) is 9.61. The number of thiophene rings is 1. The Morgan fingerprint density at radius 1 is 1.20 bits per heavy atom. The van der Waals surface area contributed by atoms with Crippen molar-refractivity contribution in [1.82, 2.24) is 9.97 Å². The zero-order valence-electron chi connectivity index (χ0n) is 10.5. The summed E-state index contributed by atoms with van der Waals surface area (Å²) < 4.78 is 0. The molecule has 0 spiro atoms. The summed E-state index contributed by atoms with van der Waals surface area (Å²) in [6.45, 7) is 1.99. The van der Waals surface area contributed by atoms with Crippen LogP contribution in [0, 0.1) is 6.92 Å². The van der Waals surface area contributed by atoms with Crippen LogP contribution in [0.5, 0.6) is 0 Å². The van der Waals surface area contributed by atoms with Crippen molar-refractivity contribution in [2.24, 2.45) is 0 Å². The third-order valence-corrected chi connectivity index (χ3v) is 5.27. The van der Waals surface area contributed by atoms with Crippen molar-refractivity contribution in [1.29, 1.82) is 0 Å². The zero-order chi connectivity index (χ0) is 14.1. The van der Waals surface area contributed by atoms with Crippen LogP contribution in [0.2, 0.25) is 0 Å². The van der Waals surface area contributed by atoms with E-state index in [1.54, 1.807) is 34.1 Å². The summed E-state index contributed by atoms with van der Waals surface area (Å²) in [6.07, 6.45) is 0.728. The summed E-state index contributed by atoms with van der Waals surface area (Å²) in [7, 11) is 0. The Morgan fingerprint density at radius 2 is 2.05 bits per heavy atom. The lowest BCUT2D eigenvalue weighted by molar-refractivity contribution is 0.0697. The Hall–Kier alpha value is -1.57. The molecule has 7 heteroatoms. The van der Waals surface area contributed by atoms with E-state index in [0.717, 1.165) is 32.7 Å². The maximum Gasteiger partial charge on any atom is 0.336 e. The van der Waals surface area contributed by atoms with Crippen LogP contribution in [0.25, 0.3) is 10.6 Å². The van der Waals surface area contributed by atoms with E-state index in [2.05, 4.69) is 9.97 Å². The lowest BCUT2D eigenvalue weighted by Crippen LogP contribution is -1.91. The second-order valence-corrected chi connectivity index (χ2v) is 7.08. The van der Waals surface area contributed by atoms with Crippen molar-refractivity contribution >= 4 is 40.0 Å². The first-order valence-corrected chi connectivity index (χ1v) is 8.43. The Morgan fingerprint density at radius 3 is 2.70 bits per heavy atom. The van der Waals surface area contributed by atoms with Crippen LogP contribution < -0.4 is 0 Å². The Kier molecular flexibility index (Phi) is 3.64. The van der Waals surface area contributed by atoms with E-state index in [9.17, 15) is 4.79 Å². The molecule has 3 aromatic heterocycles. The molecule has 0 amide bonds. The molecular weight excluding hydrogens is 312 g/mol. The molecule has 0 aliphatic rings.